The number of halogens is 2. The number of benzene rings is 2. The van der Waals surface area contributed by atoms with E-state index in [0.29, 0.717) is 5.02 Å². The predicted molar refractivity (Wildman–Crippen MR) is 79.1 cm³/mol. The molecule has 1 atom stereocenters. The SMILES string of the molecule is CNC(C)c1ccc(-c2cc(C)cc(F)c2)cc1Cl. The van der Waals surface area contributed by atoms with Gasteiger partial charge in [-0.2, -0.15) is 0 Å². The Balaban J connectivity index is 2.44. The van der Waals surface area contributed by atoms with Crippen molar-refractivity contribution in [2.24, 2.45) is 0 Å². The summed E-state index contributed by atoms with van der Waals surface area (Å²) in [6.07, 6.45) is 0. The molecule has 1 unspecified atom stereocenters. The molecule has 0 aromatic heterocycles. The molecule has 0 heterocycles. The van der Waals surface area contributed by atoms with Gasteiger partial charge in [-0.1, -0.05) is 29.8 Å². The molecule has 19 heavy (non-hydrogen) atoms. The molecule has 3 heteroatoms. The zero-order valence-corrected chi connectivity index (χ0v) is 12.1. The molecular formula is C16H17ClFN. The summed E-state index contributed by atoms with van der Waals surface area (Å²) >= 11 is 6.30. The second-order valence-corrected chi connectivity index (χ2v) is 5.17. The van der Waals surface area contributed by atoms with E-state index in [1.807, 2.05) is 45.2 Å². The van der Waals surface area contributed by atoms with E-state index in [0.717, 1.165) is 22.3 Å². The Morgan fingerprint density at radius 3 is 2.42 bits per heavy atom. The maximum Gasteiger partial charge on any atom is 0.124 e. The Morgan fingerprint density at radius 2 is 1.84 bits per heavy atom. The van der Waals surface area contributed by atoms with Gasteiger partial charge in [-0.25, -0.2) is 4.39 Å². The van der Waals surface area contributed by atoms with Gasteiger partial charge in [0, 0.05) is 11.1 Å². The van der Waals surface area contributed by atoms with Gasteiger partial charge < -0.3 is 5.32 Å². The maximum atomic E-state index is 13.4. The Hall–Kier alpha value is -1.38. The van der Waals surface area contributed by atoms with Gasteiger partial charge in [0.15, 0.2) is 0 Å². The first-order valence-corrected chi connectivity index (χ1v) is 6.63. The number of aryl methyl sites for hydroxylation is 1. The molecule has 2 aromatic rings. The van der Waals surface area contributed by atoms with Gasteiger partial charge in [0.1, 0.15) is 5.82 Å². The summed E-state index contributed by atoms with van der Waals surface area (Å²) in [7, 11) is 1.89. The quantitative estimate of drug-likeness (QED) is 0.855. The van der Waals surface area contributed by atoms with Crippen LogP contribution < -0.4 is 5.32 Å². The molecule has 0 bridgehead atoms. The Morgan fingerprint density at radius 1 is 1.11 bits per heavy atom. The van der Waals surface area contributed by atoms with E-state index in [1.165, 1.54) is 12.1 Å². The Kier molecular flexibility index (Phi) is 4.23. The second kappa shape index (κ2) is 5.72. The van der Waals surface area contributed by atoms with Crippen LogP contribution in [-0.2, 0) is 0 Å². The first kappa shape index (κ1) is 14.0. The van der Waals surface area contributed by atoms with Crippen molar-refractivity contribution in [3.05, 3.63) is 58.4 Å². The van der Waals surface area contributed by atoms with E-state index in [9.17, 15) is 4.39 Å². The van der Waals surface area contributed by atoms with Gasteiger partial charge in [0.25, 0.3) is 0 Å². The third-order valence-electron chi connectivity index (χ3n) is 3.28. The molecule has 0 amide bonds. The largest absolute Gasteiger partial charge is 0.313 e. The summed E-state index contributed by atoms with van der Waals surface area (Å²) in [6, 6.07) is 11.0. The molecule has 0 aliphatic rings. The molecule has 0 radical (unpaired) electrons. The van der Waals surface area contributed by atoms with Gasteiger partial charge in [-0.3, -0.25) is 0 Å². The molecule has 1 nitrogen and oxygen atoms in total. The van der Waals surface area contributed by atoms with Crippen LogP contribution in [0, 0.1) is 12.7 Å². The van der Waals surface area contributed by atoms with E-state index in [-0.39, 0.29) is 11.9 Å². The van der Waals surface area contributed by atoms with Crippen LogP contribution in [0.25, 0.3) is 11.1 Å². The Bertz CT molecular complexity index is 575. The number of nitrogens with one attached hydrogen (secondary N) is 1. The monoisotopic (exact) mass is 277 g/mol. The molecule has 100 valence electrons. The molecular weight excluding hydrogens is 261 g/mol. The first-order chi connectivity index (χ1) is 9.01. The lowest BCUT2D eigenvalue weighted by molar-refractivity contribution is 0.627. The lowest BCUT2D eigenvalue weighted by atomic mass is 10.00. The highest BCUT2D eigenvalue weighted by molar-refractivity contribution is 6.31. The standard InChI is InChI=1S/C16H17ClFN/c1-10-6-13(8-14(18)7-10)12-4-5-15(11(2)19-3)16(17)9-12/h4-9,11,19H,1-3H3. The minimum Gasteiger partial charge on any atom is -0.313 e. The molecule has 0 aliphatic carbocycles. The average molecular weight is 278 g/mol. The molecule has 0 saturated carbocycles. The summed E-state index contributed by atoms with van der Waals surface area (Å²) in [5, 5.41) is 3.85. The maximum absolute atomic E-state index is 13.4. The van der Waals surface area contributed by atoms with E-state index in [1.54, 1.807) is 0 Å². The predicted octanol–water partition coefficient (Wildman–Crippen LogP) is 4.73. The van der Waals surface area contributed by atoms with Gasteiger partial charge in [-0.05, 0) is 61.3 Å². The Labute approximate surface area is 118 Å². The molecule has 0 fully saturated rings. The molecule has 0 aliphatic heterocycles. The molecule has 1 N–H and O–H groups in total. The summed E-state index contributed by atoms with van der Waals surface area (Å²) in [6.45, 7) is 3.93. The van der Waals surface area contributed by atoms with Crippen molar-refractivity contribution in [1.29, 1.82) is 0 Å². The lowest BCUT2D eigenvalue weighted by Crippen LogP contribution is -2.12. The fourth-order valence-electron chi connectivity index (χ4n) is 2.12. The summed E-state index contributed by atoms with van der Waals surface area (Å²) < 4.78 is 13.4. The van der Waals surface area contributed by atoms with Gasteiger partial charge in [-0.15, -0.1) is 0 Å². The number of hydrogen-bond acceptors (Lipinski definition) is 1. The minimum absolute atomic E-state index is 0.191. The summed E-state index contributed by atoms with van der Waals surface area (Å²) in [4.78, 5) is 0. The van der Waals surface area contributed by atoms with Gasteiger partial charge in [0.05, 0.1) is 0 Å². The zero-order valence-electron chi connectivity index (χ0n) is 11.3. The topological polar surface area (TPSA) is 12.0 Å². The van der Waals surface area contributed by atoms with Crippen molar-refractivity contribution < 1.29 is 4.39 Å². The van der Waals surface area contributed by atoms with Crippen LogP contribution in [0.5, 0.6) is 0 Å². The highest BCUT2D eigenvalue weighted by atomic mass is 35.5. The fraction of sp³-hybridized carbons (Fsp3) is 0.250. The van der Waals surface area contributed by atoms with Gasteiger partial charge >= 0.3 is 0 Å². The highest BCUT2D eigenvalue weighted by Gasteiger charge is 2.09. The van der Waals surface area contributed by atoms with Crippen LogP contribution >= 0.6 is 11.6 Å². The van der Waals surface area contributed by atoms with Crippen molar-refractivity contribution in [2.45, 2.75) is 19.9 Å². The van der Waals surface area contributed by atoms with Crippen molar-refractivity contribution in [3.8, 4) is 11.1 Å². The van der Waals surface area contributed by atoms with Gasteiger partial charge in [0.2, 0.25) is 0 Å². The van der Waals surface area contributed by atoms with Crippen LogP contribution in [0.4, 0.5) is 4.39 Å². The van der Waals surface area contributed by atoms with E-state index < -0.39 is 0 Å². The van der Waals surface area contributed by atoms with Crippen molar-refractivity contribution in [2.75, 3.05) is 7.05 Å². The summed E-state index contributed by atoms with van der Waals surface area (Å²) in [5.41, 5.74) is 3.72. The summed E-state index contributed by atoms with van der Waals surface area (Å²) in [5.74, 6) is -0.223. The third-order valence-corrected chi connectivity index (χ3v) is 3.60. The normalized spacial score (nSPS) is 12.5. The van der Waals surface area contributed by atoms with Crippen molar-refractivity contribution in [1.82, 2.24) is 5.32 Å². The number of hydrogen-bond donors (Lipinski definition) is 1. The smallest absolute Gasteiger partial charge is 0.124 e. The minimum atomic E-state index is -0.223. The number of rotatable bonds is 3. The molecule has 0 saturated heterocycles. The van der Waals surface area contributed by atoms with Crippen LogP contribution in [0.3, 0.4) is 0 Å². The highest BCUT2D eigenvalue weighted by Crippen LogP contribution is 2.29. The zero-order chi connectivity index (χ0) is 14.0. The molecule has 0 spiro atoms. The van der Waals surface area contributed by atoms with E-state index >= 15 is 0 Å². The van der Waals surface area contributed by atoms with Crippen LogP contribution in [0.1, 0.15) is 24.1 Å². The van der Waals surface area contributed by atoms with E-state index in [2.05, 4.69) is 5.32 Å². The molecule has 2 aromatic carbocycles. The van der Waals surface area contributed by atoms with Crippen molar-refractivity contribution >= 4 is 11.6 Å². The third kappa shape index (κ3) is 3.14. The second-order valence-electron chi connectivity index (χ2n) is 4.76. The lowest BCUT2D eigenvalue weighted by Gasteiger charge is -2.14. The van der Waals surface area contributed by atoms with Crippen molar-refractivity contribution in [3.63, 3.8) is 0 Å². The van der Waals surface area contributed by atoms with Crippen LogP contribution in [0.2, 0.25) is 5.02 Å². The first-order valence-electron chi connectivity index (χ1n) is 6.25. The molecule has 2 rings (SSSR count). The van der Waals surface area contributed by atoms with E-state index in [4.69, 9.17) is 11.6 Å². The van der Waals surface area contributed by atoms with Crippen LogP contribution in [0.15, 0.2) is 36.4 Å². The van der Waals surface area contributed by atoms with Crippen LogP contribution in [-0.4, -0.2) is 7.05 Å². The fourth-order valence-corrected chi connectivity index (χ4v) is 2.46. The average Bonchev–Trinajstić information content (AvgIpc) is 2.36.